The fourth-order valence-electron chi connectivity index (χ4n) is 2.15. The number of ether oxygens (including phenoxy) is 1. The van der Waals surface area contributed by atoms with Crippen molar-refractivity contribution in [3.63, 3.8) is 0 Å². The predicted molar refractivity (Wildman–Crippen MR) is 96.3 cm³/mol. The maximum Gasteiger partial charge on any atom is 0.128 e. The molecule has 0 aliphatic carbocycles. The van der Waals surface area contributed by atoms with Crippen LogP contribution in [0.2, 0.25) is 0 Å². The largest absolute Gasteiger partial charge is 0.507 e. The Labute approximate surface area is 138 Å². The van der Waals surface area contributed by atoms with Gasteiger partial charge in [-0.05, 0) is 42.2 Å². The van der Waals surface area contributed by atoms with Crippen LogP contribution in [0.25, 0.3) is 0 Å². The van der Waals surface area contributed by atoms with Gasteiger partial charge in [0, 0.05) is 17.8 Å². The molecular weight excluding hydrogens is 286 g/mol. The summed E-state index contributed by atoms with van der Waals surface area (Å²) in [6, 6.07) is 13.5. The van der Waals surface area contributed by atoms with E-state index in [4.69, 9.17) is 4.74 Å². The molecule has 0 radical (unpaired) electrons. The Morgan fingerprint density at radius 2 is 1.87 bits per heavy atom. The van der Waals surface area contributed by atoms with E-state index in [9.17, 15) is 5.11 Å². The molecular formula is C20H25NO2. The van der Waals surface area contributed by atoms with Crippen LogP contribution in [0.4, 0.5) is 5.69 Å². The van der Waals surface area contributed by atoms with Crippen molar-refractivity contribution >= 4 is 11.9 Å². The molecule has 3 heteroatoms. The van der Waals surface area contributed by atoms with Gasteiger partial charge in [0.15, 0.2) is 0 Å². The number of hydrogen-bond acceptors (Lipinski definition) is 3. The number of phenols is 1. The molecule has 1 N–H and O–H groups in total. The Kier molecular flexibility index (Phi) is 6.21. The van der Waals surface area contributed by atoms with Crippen LogP contribution >= 0.6 is 0 Å². The van der Waals surface area contributed by atoms with Gasteiger partial charge < -0.3 is 9.84 Å². The van der Waals surface area contributed by atoms with Crippen LogP contribution in [0.5, 0.6) is 11.5 Å². The summed E-state index contributed by atoms with van der Waals surface area (Å²) in [7, 11) is 0. The summed E-state index contributed by atoms with van der Waals surface area (Å²) in [5.74, 6) is 1.38. The van der Waals surface area contributed by atoms with E-state index in [2.05, 4.69) is 37.9 Å². The second-order valence-electron chi connectivity index (χ2n) is 5.93. The highest BCUT2D eigenvalue weighted by molar-refractivity contribution is 5.85. The van der Waals surface area contributed by atoms with Crippen molar-refractivity contribution in [3.05, 3.63) is 53.6 Å². The number of benzene rings is 2. The van der Waals surface area contributed by atoms with Crippen LogP contribution in [0.1, 0.15) is 50.7 Å². The molecule has 0 fully saturated rings. The van der Waals surface area contributed by atoms with Gasteiger partial charge in [-0.15, -0.1) is 0 Å². The molecule has 122 valence electrons. The van der Waals surface area contributed by atoms with Crippen molar-refractivity contribution in [2.24, 2.45) is 4.99 Å². The Morgan fingerprint density at radius 1 is 1.13 bits per heavy atom. The molecule has 0 unspecified atom stereocenters. The van der Waals surface area contributed by atoms with E-state index < -0.39 is 0 Å². The lowest BCUT2D eigenvalue weighted by atomic mass is 10.0. The number of phenolic OH excluding ortho intramolecular Hbond substituents is 1. The number of aromatic hydroxyl groups is 1. The molecule has 0 spiro atoms. The molecule has 2 aromatic carbocycles. The lowest BCUT2D eigenvalue weighted by Crippen LogP contribution is -1.96. The highest BCUT2D eigenvalue weighted by atomic mass is 16.5. The van der Waals surface area contributed by atoms with Gasteiger partial charge in [0.1, 0.15) is 11.5 Å². The predicted octanol–water partition coefficient (Wildman–Crippen LogP) is 5.45. The monoisotopic (exact) mass is 311 g/mol. The van der Waals surface area contributed by atoms with E-state index in [-0.39, 0.29) is 5.75 Å². The average molecular weight is 311 g/mol. The summed E-state index contributed by atoms with van der Waals surface area (Å²) in [5.41, 5.74) is 2.85. The summed E-state index contributed by atoms with van der Waals surface area (Å²) < 4.78 is 5.58. The van der Waals surface area contributed by atoms with E-state index in [0.717, 1.165) is 18.5 Å². The second-order valence-corrected chi connectivity index (χ2v) is 5.93. The summed E-state index contributed by atoms with van der Waals surface area (Å²) in [6.45, 7) is 7.13. The van der Waals surface area contributed by atoms with Crippen LogP contribution in [0.15, 0.2) is 47.5 Å². The van der Waals surface area contributed by atoms with Gasteiger partial charge >= 0.3 is 0 Å². The summed E-state index contributed by atoms with van der Waals surface area (Å²) in [5, 5.41) is 10.1. The first-order valence-electron chi connectivity index (χ1n) is 8.20. The normalized spacial score (nSPS) is 11.3. The lowest BCUT2D eigenvalue weighted by molar-refractivity contribution is 0.307. The molecule has 2 aromatic rings. The quantitative estimate of drug-likeness (QED) is 0.546. The fourth-order valence-corrected chi connectivity index (χ4v) is 2.15. The van der Waals surface area contributed by atoms with Crippen molar-refractivity contribution in [3.8, 4) is 11.5 Å². The van der Waals surface area contributed by atoms with Gasteiger partial charge in [-0.3, -0.25) is 4.99 Å². The Morgan fingerprint density at radius 3 is 2.48 bits per heavy atom. The Hall–Kier alpha value is -2.29. The van der Waals surface area contributed by atoms with Crippen molar-refractivity contribution in [1.29, 1.82) is 0 Å². The highest BCUT2D eigenvalue weighted by Crippen LogP contribution is 2.24. The zero-order valence-corrected chi connectivity index (χ0v) is 14.1. The molecule has 0 aliphatic rings. The Balaban J connectivity index is 2.04. The molecule has 0 atom stereocenters. The first-order valence-corrected chi connectivity index (χ1v) is 8.20. The lowest BCUT2D eigenvalue weighted by Gasteiger charge is -2.07. The number of aliphatic imine (C=N–C) groups is 1. The molecule has 0 saturated carbocycles. The maximum atomic E-state index is 10.1. The molecule has 23 heavy (non-hydrogen) atoms. The van der Waals surface area contributed by atoms with Gasteiger partial charge in [0.2, 0.25) is 0 Å². The molecule has 0 saturated heterocycles. The topological polar surface area (TPSA) is 41.8 Å². The van der Waals surface area contributed by atoms with Crippen molar-refractivity contribution < 1.29 is 9.84 Å². The van der Waals surface area contributed by atoms with Crippen molar-refractivity contribution in [2.45, 2.75) is 39.5 Å². The minimum Gasteiger partial charge on any atom is -0.507 e. The van der Waals surface area contributed by atoms with E-state index in [1.54, 1.807) is 12.3 Å². The standard InChI is InChI=1S/C20H25NO2/c1-4-5-12-23-19-11-8-17(20(22)13-19)14-21-18-9-6-16(7-10-18)15(2)3/h6-11,13-15,22H,4-5,12H2,1-3H3. The third-order valence-corrected chi connectivity index (χ3v) is 3.68. The number of hydrogen-bond donors (Lipinski definition) is 1. The maximum absolute atomic E-state index is 10.1. The molecule has 2 rings (SSSR count). The summed E-state index contributed by atoms with van der Waals surface area (Å²) in [4.78, 5) is 4.42. The van der Waals surface area contributed by atoms with Crippen LogP contribution in [0, 0.1) is 0 Å². The first kappa shape index (κ1) is 17.1. The zero-order chi connectivity index (χ0) is 16.7. The SMILES string of the molecule is CCCCOc1ccc(C=Nc2ccc(C(C)C)cc2)c(O)c1. The number of unbranched alkanes of at least 4 members (excludes halogenated alkanes) is 1. The Bertz CT molecular complexity index is 645. The van der Waals surface area contributed by atoms with E-state index in [1.165, 1.54) is 5.56 Å². The second kappa shape index (κ2) is 8.37. The molecule has 0 aliphatic heterocycles. The van der Waals surface area contributed by atoms with Crippen molar-refractivity contribution in [2.75, 3.05) is 6.61 Å². The third-order valence-electron chi connectivity index (χ3n) is 3.68. The highest BCUT2D eigenvalue weighted by Gasteiger charge is 2.02. The summed E-state index contributed by atoms with van der Waals surface area (Å²) >= 11 is 0. The third kappa shape index (κ3) is 5.13. The van der Waals surface area contributed by atoms with Crippen molar-refractivity contribution in [1.82, 2.24) is 0 Å². The van der Waals surface area contributed by atoms with Crippen LogP contribution in [-0.4, -0.2) is 17.9 Å². The van der Waals surface area contributed by atoms with Gasteiger partial charge in [0.05, 0.1) is 12.3 Å². The first-order chi connectivity index (χ1) is 11.1. The zero-order valence-electron chi connectivity index (χ0n) is 14.1. The molecule has 0 aromatic heterocycles. The minimum atomic E-state index is 0.182. The minimum absolute atomic E-state index is 0.182. The van der Waals surface area contributed by atoms with Gasteiger partial charge in [-0.1, -0.05) is 39.3 Å². The number of nitrogens with zero attached hydrogens (tertiary/aromatic N) is 1. The van der Waals surface area contributed by atoms with Gasteiger partial charge in [-0.2, -0.15) is 0 Å². The number of rotatable bonds is 7. The van der Waals surface area contributed by atoms with Crippen LogP contribution in [-0.2, 0) is 0 Å². The van der Waals surface area contributed by atoms with E-state index in [1.807, 2.05) is 24.3 Å². The molecule has 0 amide bonds. The molecule has 0 bridgehead atoms. The van der Waals surface area contributed by atoms with E-state index in [0.29, 0.717) is 23.8 Å². The van der Waals surface area contributed by atoms with Crippen LogP contribution in [0.3, 0.4) is 0 Å². The van der Waals surface area contributed by atoms with E-state index >= 15 is 0 Å². The smallest absolute Gasteiger partial charge is 0.128 e. The summed E-state index contributed by atoms with van der Waals surface area (Å²) in [6.07, 6.45) is 3.78. The molecule has 3 nitrogen and oxygen atoms in total. The molecule has 0 heterocycles. The average Bonchev–Trinajstić information content (AvgIpc) is 2.54. The van der Waals surface area contributed by atoms with Crippen LogP contribution < -0.4 is 4.74 Å². The fraction of sp³-hybridized carbons (Fsp3) is 0.350. The van der Waals surface area contributed by atoms with Gasteiger partial charge in [0.25, 0.3) is 0 Å². The van der Waals surface area contributed by atoms with Gasteiger partial charge in [-0.25, -0.2) is 0 Å².